The van der Waals surface area contributed by atoms with Gasteiger partial charge in [0.1, 0.15) is 5.69 Å². The molecule has 1 aromatic heterocycles. The molecule has 1 aliphatic rings. The van der Waals surface area contributed by atoms with E-state index >= 15 is 0 Å². The van der Waals surface area contributed by atoms with Crippen molar-refractivity contribution in [3.8, 4) is 0 Å². The second kappa shape index (κ2) is 7.01. The van der Waals surface area contributed by atoms with Gasteiger partial charge in [0, 0.05) is 25.3 Å². The summed E-state index contributed by atoms with van der Waals surface area (Å²) in [5, 5.41) is 0. The summed E-state index contributed by atoms with van der Waals surface area (Å²) in [6, 6.07) is 2.24. The van der Waals surface area contributed by atoms with Crippen molar-refractivity contribution in [2.24, 2.45) is 5.92 Å². The number of nitrogens with two attached hydrogens (primary N) is 1. The highest BCUT2D eigenvalue weighted by atomic mass is 16.2. The van der Waals surface area contributed by atoms with Crippen LogP contribution in [0.5, 0.6) is 0 Å². The van der Waals surface area contributed by atoms with Gasteiger partial charge in [-0.2, -0.15) is 0 Å². The van der Waals surface area contributed by atoms with Crippen LogP contribution < -0.4 is 5.73 Å². The maximum atomic E-state index is 13.0. The molecule has 0 atom stereocenters. The van der Waals surface area contributed by atoms with Crippen molar-refractivity contribution in [3.05, 3.63) is 18.0 Å². The molecule has 0 spiro atoms. The molecule has 4 heteroatoms. The van der Waals surface area contributed by atoms with E-state index in [-0.39, 0.29) is 5.91 Å². The number of hydrogen-bond donors (Lipinski definition) is 1. The average Bonchev–Trinajstić information content (AvgIpc) is 3.07. The summed E-state index contributed by atoms with van der Waals surface area (Å²) >= 11 is 0. The lowest BCUT2D eigenvalue weighted by Gasteiger charge is -2.30. The first-order valence-corrected chi connectivity index (χ1v) is 8.29. The van der Waals surface area contributed by atoms with Crippen LogP contribution in [0.2, 0.25) is 0 Å². The van der Waals surface area contributed by atoms with Gasteiger partial charge in [0.15, 0.2) is 0 Å². The Balaban J connectivity index is 2.19. The van der Waals surface area contributed by atoms with Gasteiger partial charge in [-0.25, -0.2) is 0 Å². The third-order valence-corrected chi connectivity index (χ3v) is 4.45. The van der Waals surface area contributed by atoms with E-state index in [1.807, 2.05) is 23.8 Å². The van der Waals surface area contributed by atoms with Gasteiger partial charge >= 0.3 is 0 Å². The molecular weight excluding hydrogens is 262 g/mol. The lowest BCUT2D eigenvalue weighted by atomic mass is 10.1. The van der Waals surface area contributed by atoms with Crippen LogP contribution in [0.1, 0.15) is 63.4 Å². The summed E-state index contributed by atoms with van der Waals surface area (Å²) in [6.45, 7) is 8.11. The fourth-order valence-electron chi connectivity index (χ4n) is 3.18. The number of carbonyl (C=O) groups excluding carboxylic acids is 1. The number of aromatic nitrogens is 1. The molecule has 0 unspecified atom stereocenters. The number of aryl methyl sites for hydroxylation is 1. The molecule has 2 rings (SSSR count). The standard InChI is InChI=1S/C17H29N3O/c1-4-19-12-14(18)11-16(19)17(21)20(10-9-13(2)3)15-7-5-6-8-15/h11-13,15H,4-10,18H2,1-3H3. The highest BCUT2D eigenvalue weighted by Gasteiger charge is 2.28. The minimum atomic E-state index is 0.154. The van der Waals surface area contributed by atoms with E-state index in [9.17, 15) is 4.79 Å². The first kappa shape index (κ1) is 15.9. The largest absolute Gasteiger partial charge is 0.397 e. The quantitative estimate of drug-likeness (QED) is 0.872. The third-order valence-electron chi connectivity index (χ3n) is 4.45. The van der Waals surface area contributed by atoms with Gasteiger partial charge in [-0.05, 0) is 38.2 Å². The molecule has 1 heterocycles. The minimum absolute atomic E-state index is 0.154. The molecule has 2 N–H and O–H groups in total. The normalized spacial score (nSPS) is 15.8. The van der Waals surface area contributed by atoms with Crippen LogP contribution in [0.3, 0.4) is 0 Å². The average molecular weight is 291 g/mol. The summed E-state index contributed by atoms with van der Waals surface area (Å²) in [4.78, 5) is 15.1. The summed E-state index contributed by atoms with van der Waals surface area (Å²) in [7, 11) is 0. The Hall–Kier alpha value is -1.45. The topological polar surface area (TPSA) is 51.3 Å². The Morgan fingerprint density at radius 3 is 2.67 bits per heavy atom. The van der Waals surface area contributed by atoms with Gasteiger partial charge in [0.25, 0.3) is 5.91 Å². The first-order chi connectivity index (χ1) is 10.0. The smallest absolute Gasteiger partial charge is 0.270 e. The number of carbonyl (C=O) groups is 1. The molecule has 0 aromatic carbocycles. The minimum Gasteiger partial charge on any atom is -0.397 e. The lowest BCUT2D eigenvalue weighted by molar-refractivity contribution is 0.0661. The van der Waals surface area contributed by atoms with Crippen molar-refractivity contribution < 1.29 is 4.79 Å². The molecular formula is C17H29N3O. The Labute approximate surface area is 128 Å². The lowest BCUT2D eigenvalue weighted by Crippen LogP contribution is -2.40. The van der Waals surface area contributed by atoms with Gasteiger partial charge in [-0.1, -0.05) is 26.7 Å². The maximum absolute atomic E-state index is 13.0. The predicted molar refractivity (Wildman–Crippen MR) is 87.3 cm³/mol. The van der Waals surface area contributed by atoms with Crippen LogP contribution in [-0.4, -0.2) is 28.0 Å². The summed E-state index contributed by atoms with van der Waals surface area (Å²) in [5.74, 6) is 0.769. The van der Waals surface area contributed by atoms with E-state index in [1.54, 1.807) is 0 Å². The molecule has 1 amide bonds. The molecule has 0 aliphatic heterocycles. The summed E-state index contributed by atoms with van der Waals surface area (Å²) in [6.07, 6.45) is 7.70. The second-order valence-corrected chi connectivity index (χ2v) is 6.56. The van der Waals surface area contributed by atoms with Gasteiger partial charge in [0.05, 0.1) is 5.69 Å². The molecule has 1 fully saturated rings. The van der Waals surface area contributed by atoms with E-state index in [1.165, 1.54) is 12.8 Å². The zero-order valence-electron chi connectivity index (χ0n) is 13.6. The van der Waals surface area contributed by atoms with Crippen molar-refractivity contribution in [2.75, 3.05) is 12.3 Å². The fraction of sp³-hybridized carbons (Fsp3) is 0.706. The number of rotatable bonds is 6. The Bertz CT molecular complexity index is 472. The Kier molecular flexibility index (Phi) is 5.32. The molecule has 1 aromatic rings. The summed E-state index contributed by atoms with van der Waals surface area (Å²) < 4.78 is 1.97. The van der Waals surface area contributed by atoms with Gasteiger partial charge in [-0.3, -0.25) is 4.79 Å². The zero-order chi connectivity index (χ0) is 15.4. The van der Waals surface area contributed by atoms with E-state index in [0.717, 1.165) is 38.0 Å². The number of anilines is 1. The van der Waals surface area contributed by atoms with Crippen LogP contribution >= 0.6 is 0 Å². The number of nitrogen functional groups attached to an aromatic ring is 1. The molecule has 118 valence electrons. The molecule has 0 radical (unpaired) electrons. The SMILES string of the molecule is CCn1cc(N)cc1C(=O)N(CCC(C)C)C1CCCC1. The number of nitrogens with zero attached hydrogens (tertiary/aromatic N) is 2. The van der Waals surface area contributed by atoms with E-state index < -0.39 is 0 Å². The van der Waals surface area contributed by atoms with Crippen LogP contribution in [0.4, 0.5) is 5.69 Å². The monoisotopic (exact) mass is 291 g/mol. The molecule has 1 aliphatic carbocycles. The molecule has 0 saturated heterocycles. The van der Waals surface area contributed by atoms with Crippen molar-refractivity contribution in [1.82, 2.24) is 9.47 Å². The molecule has 4 nitrogen and oxygen atoms in total. The van der Waals surface area contributed by atoms with Gasteiger partial charge in [-0.15, -0.1) is 0 Å². The Morgan fingerprint density at radius 2 is 2.10 bits per heavy atom. The first-order valence-electron chi connectivity index (χ1n) is 8.29. The Morgan fingerprint density at radius 1 is 1.43 bits per heavy atom. The van der Waals surface area contributed by atoms with Crippen LogP contribution in [-0.2, 0) is 6.54 Å². The van der Waals surface area contributed by atoms with Crippen molar-refractivity contribution in [1.29, 1.82) is 0 Å². The second-order valence-electron chi connectivity index (χ2n) is 6.56. The summed E-state index contributed by atoms with van der Waals surface area (Å²) in [5.41, 5.74) is 7.29. The molecule has 1 saturated carbocycles. The zero-order valence-corrected chi connectivity index (χ0v) is 13.6. The number of hydrogen-bond acceptors (Lipinski definition) is 2. The van der Waals surface area contributed by atoms with Crippen molar-refractivity contribution >= 4 is 11.6 Å². The van der Waals surface area contributed by atoms with Crippen molar-refractivity contribution in [3.63, 3.8) is 0 Å². The molecule has 21 heavy (non-hydrogen) atoms. The third kappa shape index (κ3) is 3.80. The predicted octanol–water partition coefficient (Wildman–Crippen LogP) is 3.52. The number of amides is 1. The highest BCUT2D eigenvalue weighted by molar-refractivity contribution is 5.94. The van der Waals surface area contributed by atoms with Crippen LogP contribution in [0.15, 0.2) is 12.3 Å². The van der Waals surface area contributed by atoms with Gasteiger partial charge < -0.3 is 15.2 Å². The van der Waals surface area contributed by atoms with E-state index in [0.29, 0.717) is 17.6 Å². The van der Waals surface area contributed by atoms with Crippen LogP contribution in [0, 0.1) is 5.92 Å². The van der Waals surface area contributed by atoms with Crippen LogP contribution in [0.25, 0.3) is 0 Å². The fourth-order valence-corrected chi connectivity index (χ4v) is 3.18. The van der Waals surface area contributed by atoms with E-state index in [4.69, 9.17) is 5.73 Å². The van der Waals surface area contributed by atoms with Gasteiger partial charge in [0.2, 0.25) is 0 Å². The van der Waals surface area contributed by atoms with Crippen molar-refractivity contribution in [2.45, 2.75) is 65.5 Å². The molecule has 0 bridgehead atoms. The van der Waals surface area contributed by atoms with E-state index in [2.05, 4.69) is 18.7 Å². The maximum Gasteiger partial charge on any atom is 0.270 e. The highest BCUT2D eigenvalue weighted by Crippen LogP contribution is 2.26.